The molecule has 0 saturated carbocycles. The first kappa shape index (κ1) is 17.5. The lowest BCUT2D eigenvalue weighted by Gasteiger charge is -2.21. The number of nitrogens with zero attached hydrogens (tertiary/aromatic N) is 2. The molecular weight excluding hydrogens is 308 g/mol. The summed E-state index contributed by atoms with van der Waals surface area (Å²) in [5.41, 5.74) is 1.60. The van der Waals surface area contributed by atoms with E-state index in [-0.39, 0.29) is 17.5 Å². The fraction of sp³-hybridized carbons (Fsp3) is 0.278. The van der Waals surface area contributed by atoms with Gasteiger partial charge in [-0.1, -0.05) is 25.1 Å². The van der Waals surface area contributed by atoms with Crippen LogP contribution < -0.4 is 9.64 Å². The Balaban J connectivity index is 2.09. The second-order valence-electron chi connectivity index (χ2n) is 5.57. The van der Waals surface area contributed by atoms with E-state index in [1.165, 1.54) is 17.0 Å². The molecule has 6 heteroatoms. The normalized spacial score (nSPS) is 11.6. The highest BCUT2D eigenvalue weighted by molar-refractivity contribution is 5.93. The predicted molar refractivity (Wildman–Crippen MR) is 92.5 cm³/mol. The van der Waals surface area contributed by atoms with Crippen molar-refractivity contribution in [1.82, 2.24) is 0 Å². The third-order valence-corrected chi connectivity index (χ3v) is 3.97. The second-order valence-corrected chi connectivity index (χ2v) is 5.57. The lowest BCUT2D eigenvalue weighted by molar-refractivity contribution is -0.384. The van der Waals surface area contributed by atoms with Gasteiger partial charge in [0.15, 0.2) is 0 Å². The Morgan fingerprint density at radius 2 is 1.83 bits per heavy atom. The van der Waals surface area contributed by atoms with E-state index in [0.29, 0.717) is 12.1 Å². The van der Waals surface area contributed by atoms with E-state index < -0.39 is 4.92 Å². The van der Waals surface area contributed by atoms with Crippen LogP contribution in [0.5, 0.6) is 5.75 Å². The Hall–Kier alpha value is -2.89. The third kappa shape index (κ3) is 3.90. The van der Waals surface area contributed by atoms with Gasteiger partial charge in [0.25, 0.3) is 5.69 Å². The second kappa shape index (κ2) is 7.59. The highest BCUT2D eigenvalue weighted by Gasteiger charge is 2.19. The largest absolute Gasteiger partial charge is 0.496 e. The molecule has 0 spiro atoms. The van der Waals surface area contributed by atoms with Crippen LogP contribution in [0.2, 0.25) is 0 Å². The first-order valence-corrected chi connectivity index (χ1v) is 7.58. The monoisotopic (exact) mass is 328 g/mol. The highest BCUT2D eigenvalue weighted by Crippen LogP contribution is 2.29. The van der Waals surface area contributed by atoms with Gasteiger partial charge < -0.3 is 9.64 Å². The number of nitro groups is 1. The van der Waals surface area contributed by atoms with Crippen LogP contribution in [-0.4, -0.2) is 25.0 Å². The number of benzene rings is 2. The van der Waals surface area contributed by atoms with Gasteiger partial charge in [0.1, 0.15) is 5.75 Å². The van der Waals surface area contributed by atoms with E-state index in [4.69, 9.17) is 4.74 Å². The molecule has 1 atom stereocenters. The Morgan fingerprint density at radius 1 is 1.21 bits per heavy atom. The summed E-state index contributed by atoms with van der Waals surface area (Å²) in [7, 11) is 3.27. The fourth-order valence-electron chi connectivity index (χ4n) is 2.52. The number of non-ortho nitro benzene ring substituents is 1. The molecule has 1 amide bonds. The van der Waals surface area contributed by atoms with Gasteiger partial charge in [0.05, 0.1) is 12.0 Å². The van der Waals surface area contributed by atoms with Gasteiger partial charge in [-0.3, -0.25) is 14.9 Å². The van der Waals surface area contributed by atoms with Crippen LogP contribution >= 0.6 is 0 Å². The number of para-hydroxylation sites is 1. The number of amides is 1. The van der Waals surface area contributed by atoms with Crippen LogP contribution in [0.15, 0.2) is 48.5 Å². The topological polar surface area (TPSA) is 72.7 Å². The lowest BCUT2D eigenvalue weighted by atomic mass is 9.96. The summed E-state index contributed by atoms with van der Waals surface area (Å²) in [4.78, 5) is 24.2. The minimum atomic E-state index is -0.463. The number of methoxy groups -OCH3 is 1. The molecule has 0 radical (unpaired) electrons. The number of anilines is 1. The Bertz CT molecular complexity index is 728. The van der Waals surface area contributed by atoms with E-state index in [1.807, 2.05) is 31.2 Å². The summed E-state index contributed by atoms with van der Waals surface area (Å²) in [6.45, 7) is 1.97. The molecule has 0 unspecified atom stereocenters. The van der Waals surface area contributed by atoms with Gasteiger partial charge in [0.2, 0.25) is 5.91 Å². The van der Waals surface area contributed by atoms with Crippen molar-refractivity contribution in [2.24, 2.45) is 0 Å². The number of hydrogen-bond donors (Lipinski definition) is 0. The molecule has 2 aromatic rings. The van der Waals surface area contributed by atoms with Crippen molar-refractivity contribution >= 4 is 17.3 Å². The van der Waals surface area contributed by atoms with Crippen LogP contribution in [0.3, 0.4) is 0 Å². The number of ether oxygens (including phenoxy) is 1. The van der Waals surface area contributed by atoms with Gasteiger partial charge in [-0.05, 0) is 29.7 Å². The number of nitro benzene ring substituents is 1. The van der Waals surface area contributed by atoms with Crippen molar-refractivity contribution in [3.05, 3.63) is 64.2 Å². The zero-order chi connectivity index (χ0) is 17.7. The molecule has 2 aromatic carbocycles. The van der Waals surface area contributed by atoms with Crippen LogP contribution in [0, 0.1) is 10.1 Å². The molecule has 0 aliphatic carbocycles. The van der Waals surface area contributed by atoms with Gasteiger partial charge in [-0.15, -0.1) is 0 Å². The van der Waals surface area contributed by atoms with Crippen LogP contribution in [0.25, 0.3) is 0 Å². The van der Waals surface area contributed by atoms with Crippen LogP contribution in [-0.2, 0) is 4.79 Å². The predicted octanol–water partition coefficient (Wildman–Crippen LogP) is 3.76. The van der Waals surface area contributed by atoms with Crippen molar-refractivity contribution in [2.75, 3.05) is 19.1 Å². The summed E-state index contributed by atoms with van der Waals surface area (Å²) in [6, 6.07) is 13.6. The molecular formula is C18H20N2O4. The number of carbonyl (C=O) groups is 1. The molecule has 0 aliphatic rings. The van der Waals surface area contributed by atoms with Crippen molar-refractivity contribution in [3.8, 4) is 5.75 Å². The van der Waals surface area contributed by atoms with E-state index in [1.54, 1.807) is 26.3 Å². The quantitative estimate of drug-likeness (QED) is 0.598. The summed E-state index contributed by atoms with van der Waals surface area (Å²) in [5, 5.41) is 10.7. The molecule has 0 fully saturated rings. The smallest absolute Gasteiger partial charge is 0.269 e. The Labute approximate surface area is 140 Å². The molecule has 0 bridgehead atoms. The lowest BCUT2D eigenvalue weighted by Crippen LogP contribution is -2.27. The van der Waals surface area contributed by atoms with Gasteiger partial charge in [-0.2, -0.15) is 0 Å². The first-order chi connectivity index (χ1) is 11.4. The maximum absolute atomic E-state index is 12.5. The third-order valence-electron chi connectivity index (χ3n) is 3.97. The fourth-order valence-corrected chi connectivity index (χ4v) is 2.52. The maximum atomic E-state index is 12.5. The SMILES string of the molecule is COc1ccccc1[C@H](C)CC(=O)N(C)c1ccc([N+](=O)[O-])cc1. The molecule has 126 valence electrons. The molecule has 0 heterocycles. The summed E-state index contributed by atoms with van der Waals surface area (Å²) in [6.07, 6.45) is 0.313. The minimum absolute atomic E-state index is 0.00184. The zero-order valence-corrected chi connectivity index (χ0v) is 13.9. The summed E-state index contributed by atoms with van der Waals surface area (Å²) >= 11 is 0. The van der Waals surface area contributed by atoms with Gasteiger partial charge in [0, 0.05) is 31.3 Å². The first-order valence-electron chi connectivity index (χ1n) is 7.58. The standard InChI is InChI=1S/C18H20N2O4/c1-13(16-6-4-5-7-17(16)24-3)12-18(21)19(2)14-8-10-15(11-9-14)20(22)23/h4-11,13H,12H2,1-3H3/t13-/m1/s1. The zero-order valence-electron chi connectivity index (χ0n) is 13.9. The number of hydrogen-bond acceptors (Lipinski definition) is 4. The highest BCUT2D eigenvalue weighted by atomic mass is 16.6. The van der Waals surface area contributed by atoms with Crippen molar-refractivity contribution in [3.63, 3.8) is 0 Å². The minimum Gasteiger partial charge on any atom is -0.496 e. The van der Waals surface area contributed by atoms with Gasteiger partial charge >= 0.3 is 0 Å². The van der Waals surface area contributed by atoms with Crippen molar-refractivity contribution < 1.29 is 14.5 Å². The molecule has 0 N–H and O–H groups in total. The average molecular weight is 328 g/mol. The van der Waals surface area contributed by atoms with E-state index >= 15 is 0 Å². The number of rotatable bonds is 6. The van der Waals surface area contributed by atoms with E-state index in [0.717, 1.165) is 11.3 Å². The molecule has 0 saturated heterocycles. The van der Waals surface area contributed by atoms with E-state index in [2.05, 4.69) is 0 Å². The molecule has 6 nitrogen and oxygen atoms in total. The molecule has 2 rings (SSSR count). The average Bonchev–Trinajstić information content (AvgIpc) is 2.60. The Kier molecular flexibility index (Phi) is 5.52. The molecule has 0 aliphatic heterocycles. The molecule has 24 heavy (non-hydrogen) atoms. The Morgan fingerprint density at radius 3 is 2.42 bits per heavy atom. The maximum Gasteiger partial charge on any atom is 0.269 e. The summed E-state index contributed by atoms with van der Waals surface area (Å²) < 4.78 is 5.34. The van der Waals surface area contributed by atoms with Crippen molar-refractivity contribution in [2.45, 2.75) is 19.3 Å². The van der Waals surface area contributed by atoms with Crippen molar-refractivity contribution in [1.29, 1.82) is 0 Å². The molecule has 0 aromatic heterocycles. The van der Waals surface area contributed by atoms with Gasteiger partial charge in [-0.25, -0.2) is 0 Å². The van der Waals surface area contributed by atoms with E-state index in [9.17, 15) is 14.9 Å². The van der Waals surface area contributed by atoms with Crippen LogP contribution in [0.4, 0.5) is 11.4 Å². The summed E-state index contributed by atoms with van der Waals surface area (Å²) in [5.74, 6) is 0.687. The number of carbonyl (C=O) groups excluding carboxylic acids is 1. The van der Waals surface area contributed by atoms with Crippen LogP contribution in [0.1, 0.15) is 24.8 Å².